The molecule has 0 atom stereocenters. The van der Waals surface area contributed by atoms with Crippen molar-refractivity contribution in [3.05, 3.63) is 57.9 Å². The van der Waals surface area contributed by atoms with Crippen LogP contribution in [-0.4, -0.2) is 52.2 Å². The van der Waals surface area contributed by atoms with Gasteiger partial charge >= 0.3 is 0 Å². The van der Waals surface area contributed by atoms with Gasteiger partial charge in [-0.05, 0) is 52.0 Å². The lowest BCUT2D eigenvalue weighted by atomic mass is 10.1. The molecular weight excluding hydrogens is 462 g/mol. The van der Waals surface area contributed by atoms with Crippen LogP contribution in [0.2, 0.25) is 0 Å². The maximum Gasteiger partial charge on any atom is 0.254 e. The van der Waals surface area contributed by atoms with Crippen LogP contribution in [0, 0.1) is 13.8 Å². The monoisotopic (exact) mass is 491 g/mol. The Morgan fingerprint density at radius 1 is 1.20 bits per heavy atom. The van der Waals surface area contributed by atoms with Gasteiger partial charge in [-0.3, -0.25) is 9.59 Å². The van der Waals surface area contributed by atoms with Gasteiger partial charge in [-0.25, -0.2) is 9.67 Å². The minimum absolute atomic E-state index is 0.0786. The van der Waals surface area contributed by atoms with Crippen LogP contribution in [0.1, 0.15) is 40.0 Å². The van der Waals surface area contributed by atoms with Gasteiger partial charge in [0.1, 0.15) is 5.75 Å². The van der Waals surface area contributed by atoms with E-state index in [1.165, 1.54) is 9.78 Å². The zero-order valence-corrected chi connectivity index (χ0v) is 21.6. The number of nitrogens with zero attached hydrogens (tertiary/aromatic N) is 4. The minimum Gasteiger partial charge on any atom is -0.497 e. The first kappa shape index (κ1) is 24.4. The number of pyridine rings is 1. The van der Waals surface area contributed by atoms with Crippen molar-refractivity contribution >= 4 is 39.9 Å². The van der Waals surface area contributed by atoms with Gasteiger partial charge in [-0.1, -0.05) is 6.07 Å². The van der Waals surface area contributed by atoms with E-state index in [4.69, 9.17) is 9.72 Å². The number of thiophene rings is 1. The van der Waals surface area contributed by atoms with Crippen LogP contribution in [0.3, 0.4) is 0 Å². The molecule has 0 aliphatic rings. The Morgan fingerprint density at radius 3 is 2.63 bits per heavy atom. The number of hydrogen-bond acceptors (Lipinski definition) is 6. The zero-order valence-electron chi connectivity index (χ0n) is 20.7. The number of aromatic nitrogens is 3. The first-order valence-electron chi connectivity index (χ1n) is 11.3. The summed E-state index contributed by atoms with van der Waals surface area (Å²) in [6, 6.07) is 11.1. The number of aryl methyl sites for hydroxylation is 2. The minimum atomic E-state index is -0.304. The van der Waals surface area contributed by atoms with Crippen molar-refractivity contribution in [2.75, 3.05) is 26.0 Å². The third-order valence-electron chi connectivity index (χ3n) is 5.68. The first-order valence-corrected chi connectivity index (χ1v) is 12.1. The molecule has 0 spiro atoms. The highest BCUT2D eigenvalue weighted by atomic mass is 32.1. The summed E-state index contributed by atoms with van der Waals surface area (Å²) in [5.41, 5.74) is 3.44. The molecule has 182 valence electrons. The van der Waals surface area contributed by atoms with E-state index >= 15 is 0 Å². The Balaban J connectivity index is 1.66. The molecule has 9 heteroatoms. The van der Waals surface area contributed by atoms with Crippen molar-refractivity contribution in [2.45, 2.75) is 33.7 Å². The number of fused-ring (bicyclic) bond motifs is 1. The summed E-state index contributed by atoms with van der Waals surface area (Å²) in [7, 11) is 3.18. The highest BCUT2D eigenvalue weighted by molar-refractivity contribution is 7.12. The van der Waals surface area contributed by atoms with Gasteiger partial charge in [0.15, 0.2) is 5.65 Å². The molecule has 8 nitrogen and oxygen atoms in total. The summed E-state index contributed by atoms with van der Waals surface area (Å²) >= 11 is 1.69. The van der Waals surface area contributed by atoms with Crippen molar-refractivity contribution in [1.29, 1.82) is 0 Å². The van der Waals surface area contributed by atoms with Gasteiger partial charge in [0.2, 0.25) is 5.91 Å². The molecule has 3 heterocycles. The van der Waals surface area contributed by atoms with Crippen molar-refractivity contribution in [1.82, 2.24) is 19.7 Å². The number of anilines is 1. The number of amides is 2. The molecule has 0 radical (unpaired) electrons. The zero-order chi connectivity index (χ0) is 25.3. The van der Waals surface area contributed by atoms with Crippen LogP contribution in [0.4, 0.5) is 5.69 Å². The molecule has 0 saturated carbocycles. The van der Waals surface area contributed by atoms with Crippen molar-refractivity contribution in [3.63, 3.8) is 0 Å². The number of ether oxygens (including phenoxy) is 1. The van der Waals surface area contributed by atoms with E-state index in [0.29, 0.717) is 28.0 Å². The Kier molecular flexibility index (Phi) is 6.88. The van der Waals surface area contributed by atoms with Crippen LogP contribution < -0.4 is 10.1 Å². The maximum absolute atomic E-state index is 13.6. The summed E-state index contributed by atoms with van der Waals surface area (Å²) in [4.78, 5) is 34.8. The molecule has 1 aromatic carbocycles. The van der Waals surface area contributed by atoms with E-state index in [2.05, 4.69) is 30.3 Å². The molecule has 0 bridgehead atoms. The number of methoxy groups -OCH3 is 1. The van der Waals surface area contributed by atoms with E-state index in [9.17, 15) is 9.59 Å². The van der Waals surface area contributed by atoms with Gasteiger partial charge in [-0.2, -0.15) is 5.10 Å². The highest BCUT2D eigenvalue weighted by Crippen LogP contribution is 2.33. The molecule has 4 aromatic rings. The Bertz CT molecular complexity index is 1410. The largest absolute Gasteiger partial charge is 0.497 e. The van der Waals surface area contributed by atoms with Gasteiger partial charge < -0.3 is 15.0 Å². The lowest BCUT2D eigenvalue weighted by Crippen LogP contribution is -2.35. The maximum atomic E-state index is 13.6. The number of carbonyl (C=O) groups is 2. The van der Waals surface area contributed by atoms with Gasteiger partial charge in [0, 0.05) is 40.2 Å². The number of rotatable bonds is 7. The SMILES string of the molecule is COc1cccc(NC(=O)CN(C)C(=O)c2cc(-c3cc(C)sc3C)nc3c2cnn3C(C)C)c1. The fraction of sp³-hybridized carbons (Fsp3) is 0.308. The summed E-state index contributed by atoms with van der Waals surface area (Å²) in [5, 5.41) is 7.97. The molecule has 0 fully saturated rings. The Morgan fingerprint density at radius 2 is 1.97 bits per heavy atom. The van der Waals surface area contributed by atoms with Gasteiger partial charge in [0.25, 0.3) is 5.91 Å². The summed E-state index contributed by atoms with van der Waals surface area (Å²) < 4.78 is 7.02. The smallest absolute Gasteiger partial charge is 0.254 e. The van der Waals surface area contributed by atoms with Crippen LogP contribution in [0.5, 0.6) is 5.75 Å². The highest BCUT2D eigenvalue weighted by Gasteiger charge is 2.23. The molecule has 35 heavy (non-hydrogen) atoms. The fourth-order valence-electron chi connectivity index (χ4n) is 3.99. The van der Waals surface area contributed by atoms with E-state index in [1.54, 1.807) is 56.0 Å². The van der Waals surface area contributed by atoms with Crippen LogP contribution >= 0.6 is 11.3 Å². The molecule has 0 saturated heterocycles. The summed E-state index contributed by atoms with van der Waals surface area (Å²) in [6.07, 6.45) is 1.68. The second-order valence-corrected chi connectivity index (χ2v) is 10.2. The average Bonchev–Trinajstić information content (AvgIpc) is 3.40. The average molecular weight is 492 g/mol. The number of hydrogen-bond donors (Lipinski definition) is 1. The Hall–Kier alpha value is -3.72. The van der Waals surface area contributed by atoms with E-state index < -0.39 is 0 Å². The lowest BCUT2D eigenvalue weighted by Gasteiger charge is -2.18. The van der Waals surface area contributed by atoms with Crippen molar-refractivity contribution < 1.29 is 14.3 Å². The molecule has 1 N–H and O–H groups in total. The molecule has 3 aromatic heterocycles. The van der Waals surface area contributed by atoms with Crippen molar-refractivity contribution in [3.8, 4) is 17.0 Å². The van der Waals surface area contributed by atoms with Crippen LogP contribution in [0.15, 0.2) is 42.6 Å². The predicted molar refractivity (Wildman–Crippen MR) is 139 cm³/mol. The second kappa shape index (κ2) is 9.87. The lowest BCUT2D eigenvalue weighted by molar-refractivity contribution is -0.116. The third-order valence-corrected chi connectivity index (χ3v) is 6.65. The number of nitrogens with one attached hydrogen (secondary N) is 1. The third kappa shape index (κ3) is 5.05. The van der Waals surface area contributed by atoms with Crippen LogP contribution in [0.25, 0.3) is 22.3 Å². The van der Waals surface area contributed by atoms with Gasteiger partial charge in [-0.15, -0.1) is 11.3 Å². The van der Waals surface area contributed by atoms with E-state index in [-0.39, 0.29) is 24.4 Å². The van der Waals surface area contributed by atoms with Crippen molar-refractivity contribution in [2.24, 2.45) is 0 Å². The molecule has 4 rings (SSSR count). The summed E-state index contributed by atoms with van der Waals surface area (Å²) in [6.45, 7) is 8.05. The fourth-order valence-corrected chi connectivity index (χ4v) is 4.92. The molecule has 0 unspecified atom stereocenters. The van der Waals surface area contributed by atoms with Crippen LogP contribution in [-0.2, 0) is 4.79 Å². The quantitative estimate of drug-likeness (QED) is 0.390. The number of benzene rings is 1. The standard InChI is InChI=1S/C26H29N5O3S/c1-15(2)31-25-22(13-27-31)21(12-23(29-25)20-10-16(3)35-17(20)4)26(33)30(5)14-24(32)28-18-8-7-9-19(11-18)34-6/h7-13,15H,14H2,1-6H3,(H,28,32). The molecule has 2 amide bonds. The Labute approximate surface area is 208 Å². The summed E-state index contributed by atoms with van der Waals surface area (Å²) in [5.74, 6) is 0.0641. The van der Waals surface area contributed by atoms with Gasteiger partial charge in [0.05, 0.1) is 36.5 Å². The predicted octanol–water partition coefficient (Wildman–Crippen LogP) is 5.08. The molecular formula is C26H29N5O3S. The van der Waals surface area contributed by atoms with E-state index in [1.807, 2.05) is 24.6 Å². The number of likely N-dealkylation sites (N-methyl/N-ethyl adjacent to an activating group) is 1. The number of carbonyl (C=O) groups excluding carboxylic acids is 2. The topological polar surface area (TPSA) is 89.3 Å². The first-order chi connectivity index (χ1) is 16.7. The van der Waals surface area contributed by atoms with E-state index in [0.717, 1.165) is 16.1 Å². The molecule has 0 aliphatic heterocycles. The second-order valence-electron chi connectivity index (χ2n) is 8.74. The molecule has 0 aliphatic carbocycles. The normalized spacial score (nSPS) is 11.2.